The Morgan fingerprint density at radius 1 is 1.45 bits per heavy atom. The Morgan fingerprint density at radius 2 is 2.20 bits per heavy atom. The maximum Gasteiger partial charge on any atom is 0.415 e. The van der Waals surface area contributed by atoms with Crippen LogP contribution in [-0.2, 0) is 9.47 Å². The molecular formula is C15H22N2O3. The highest BCUT2D eigenvalue weighted by Crippen LogP contribution is 2.26. The van der Waals surface area contributed by atoms with Crippen LogP contribution in [-0.4, -0.2) is 30.9 Å². The van der Waals surface area contributed by atoms with Gasteiger partial charge in [-0.05, 0) is 45.4 Å². The largest absolute Gasteiger partial charge is 0.443 e. The summed E-state index contributed by atoms with van der Waals surface area (Å²) in [5.74, 6) is 0. The Balaban J connectivity index is 2.27. The van der Waals surface area contributed by atoms with Crippen molar-refractivity contribution in [3.8, 4) is 0 Å². The lowest BCUT2D eigenvalue weighted by atomic mass is 10.1. The molecule has 1 heterocycles. The second-order valence-corrected chi connectivity index (χ2v) is 5.96. The predicted octanol–water partition coefficient (Wildman–Crippen LogP) is 2.80. The first-order chi connectivity index (χ1) is 9.37. The highest BCUT2D eigenvalue weighted by atomic mass is 16.6. The number of anilines is 2. The van der Waals surface area contributed by atoms with Crippen molar-refractivity contribution < 1.29 is 14.3 Å². The maximum absolute atomic E-state index is 12.5. The van der Waals surface area contributed by atoms with E-state index in [1.807, 2.05) is 32.9 Å². The highest BCUT2D eigenvalue weighted by Gasteiger charge is 2.32. The lowest BCUT2D eigenvalue weighted by molar-refractivity contribution is 0.0561. The van der Waals surface area contributed by atoms with Crippen LogP contribution < -0.4 is 10.6 Å². The lowest BCUT2D eigenvalue weighted by Gasteiger charge is -2.31. The van der Waals surface area contributed by atoms with Crippen LogP contribution in [0.15, 0.2) is 24.3 Å². The molecule has 0 aliphatic carbocycles. The van der Waals surface area contributed by atoms with E-state index in [9.17, 15) is 4.79 Å². The molecule has 1 aromatic rings. The van der Waals surface area contributed by atoms with Crippen molar-refractivity contribution in [2.75, 3.05) is 23.8 Å². The van der Waals surface area contributed by atoms with Gasteiger partial charge in [-0.1, -0.05) is 6.07 Å². The Bertz CT molecular complexity index is 476. The number of nitrogens with zero attached hydrogens (tertiary/aromatic N) is 1. The van der Waals surface area contributed by atoms with Gasteiger partial charge in [-0.2, -0.15) is 0 Å². The van der Waals surface area contributed by atoms with Crippen LogP contribution >= 0.6 is 0 Å². The van der Waals surface area contributed by atoms with E-state index in [0.29, 0.717) is 18.9 Å². The number of nitrogens with two attached hydrogens (primary N) is 1. The molecule has 0 saturated carbocycles. The number of benzene rings is 1. The van der Waals surface area contributed by atoms with Gasteiger partial charge in [0.05, 0.1) is 12.6 Å². The number of carbonyl (C=O) groups excluding carboxylic acids is 1. The van der Waals surface area contributed by atoms with Gasteiger partial charge in [0.15, 0.2) is 0 Å². The zero-order valence-corrected chi connectivity index (χ0v) is 12.3. The summed E-state index contributed by atoms with van der Waals surface area (Å²) in [6, 6.07) is 7.26. The van der Waals surface area contributed by atoms with Crippen LogP contribution in [0.5, 0.6) is 0 Å². The summed E-state index contributed by atoms with van der Waals surface area (Å²) >= 11 is 0. The van der Waals surface area contributed by atoms with Crippen molar-refractivity contribution >= 4 is 17.5 Å². The van der Waals surface area contributed by atoms with Crippen LogP contribution in [0.25, 0.3) is 0 Å². The zero-order chi connectivity index (χ0) is 14.8. The van der Waals surface area contributed by atoms with Gasteiger partial charge in [-0.15, -0.1) is 0 Å². The minimum absolute atomic E-state index is 0.00773. The molecule has 5 heteroatoms. The third kappa shape index (κ3) is 3.63. The first-order valence-electron chi connectivity index (χ1n) is 6.82. The normalized spacial score (nSPS) is 18.9. The lowest BCUT2D eigenvalue weighted by Crippen LogP contribution is -2.44. The van der Waals surface area contributed by atoms with Gasteiger partial charge in [-0.25, -0.2) is 4.79 Å². The molecule has 110 valence electrons. The molecule has 1 saturated heterocycles. The van der Waals surface area contributed by atoms with Crippen molar-refractivity contribution in [2.45, 2.75) is 38.8 Å². The first kappa shape index (κ1) is 14.7. The molecule has 20 heavy (non-hydrogen) atoms. The predicted molar refractivity (Wildman–Crippen MR) is 78.8 cm³/mol. The van der Waals surface area contributed by atoms with E-state index in [0.717, 1.165) is 12.1 Å². The average Bonchev–Trinajstić information content (AvgIpc) is 2.80. The van der Waals surface area contributed by atoms with Gasteiger partial charge in [0, 0.05) is 18.0 Å². The van der Waals surface area contributed by atoms with Crippen LogP contribution in [0, 0.1) is 0 Å². The fourth-order valence-corrected chi connectivity index (χ4v) is 2.18. The van der Waals surface area contributed by atoms with Crippen LogP contribution in [0.1, 0.15) is 27.2 Å². The summed E-state index contributed by atoms with van der Waals surface area (Å²) in [7, 11) is 0. The monoisotopic (exact) mass is 278 g/mol. The summed E-state index contributed by atoms with van der Waals surface area (Å²) in [5.41, 5.74) is 6.65. The van der Waals surface area contributed by atoms with E-state index < -0.39 is 5.60 Å². The second kappa shape index (κ2) is 5.71. The van der Waals surface area contributed by atoms with E-state index in [2.05, 4.69) is 0 Å². The van der Waals surface area contributed by atoms with Gasteiger partial charge in [-0.3, -0.25) is 4.90 Å². The van der Waals surface area contributed by atoms with Crippen LogP contribution in [0.3, 0.4) is 0 Å². The molecule has 1 atom stereocenters. The number of nitrogen functional groups attached to an aromatic ring is 1. The third-order valence-electron chi connectivity index (χ3n) is 3.01. The molecule has 2 N–H and O–H groups in total. The van der Waals surface area contributed by atoms with Crippen molar-refractivity contribution in [2.24, 2.45) is 0 Å². The van der Waals surface area contributed by atoms with E-state index >= 15 is 0 Å². The molecular weight excluding hydrogens is 256 g/mol. The Labute approximate surface area is 119 Å². The molecule has 2 rings (SSSR count). The molecule has 1 aliphatic rings. The summed E-state index contributed by atoms with van der Waals surface area (Å²) in [4.78, 5) is 14.1. The standard InChI is InChI=1S/C15H22N2O3/c1-15(2,3)20-14(18)17(13-7-8-19-10-13)12-6-4-5-11(16)9-12/h4-6,9,13H,7-8,10,16H2,1-3H3. The molecule has 1 amide bonds. The Kier molecular flexibility index (Phi) is 4.18. The minimum atomic E-state index is -0.533. The number of amides is 1. The average molecular weight is 278 g/mol. The minimum Gasteiger partial charge on any atom is -0.443 e. The van der Waals surface area contributed by atoms with Crippen molar-refractivity contribution in [3.05, 3.63) is 24.3 Å². The van der Waals surface area contributed by atoms with E-state index in [1.165, 1.54) is 0 Å². The molecule has 0 spiro atoms. The smallest absolute Gasteiger partial charge is 0.415 e. The fourth-order valence-electron chi connectivity index (χ4n) is 2.18. The van der Waals surface area contributed by atoms with Crippen molar-refractivity contribution in [1.29, 1.82) is 0 Å². The molecule has 5 nitrogen and oxygen atoms in total. The molecule has 1 aromatic carbocycles. The van der Waals surface area contributed by atoms with Crippen LogP contribution in [0.4, 0.5) is 16.2 Å². The van der Waals surface area contributed by atoms with Gasteiger partial charge in [0.25, 0.3) is 0 Å². The SMILES string of the molecule is CC(C)(C)OC(=O)N(c1cccc(N)c1)C1CCOC1. The number of ether oxygens (including phenoxy) is 2. The molecule has 1 aliphatic heterocycles. The molecule has 1 fully saturated rings. The number of carbonyl (C=O) groups is 1. The highest BCUT2D eigenvalue weighted by molar-refractivity contribution is 5.89. The summed E-state index contributed by atoms with van der Waals surface area (Å²) in [6.45, 7) is 6.75. The second-order valence-electron chi connectivity index (χ2n) is 5.96. The Morgan fingerprint density at radius 3 is 2.75 bits per heavy atom. The number of hydrogen-bond donors (Lipinski definition) is 1. The molecule has 0 bridgehead atoms. The van der Waals surface area contributed by atoms with Crippen molar-refractivity contribution in [3.63, 3.8) is 0 Å². The van der Waals surface area contributed by atoms with Gasteiger partial charge in [0.1, 0.15) is 5.60 Å². The summed E-state index contributed by atoms with van der Waals surface area (Å²) in [6.07, 6.45) is 0.437. The van der Waals surface area contributed by atoms with Gasteiger partial charge in [0.2, 0.25) is 0 Å². The number of rotatable bonds is 2. The topological polar surface area (TPSA) is 64.8 Å². The molecule has 1 unspecified atom stereocenters. The fraction of sp³-hybridized carbons (Fsp3) is 0.533. The van der Waals surface area contributed by atoms with Crippen molar-refractivity contribution in [1.82, 2.24) is 0 Å². The van der Waals surface area contributed by atoms with E-state index in [4.69, 9.17) is 15.2 Å². The van der Waals surface area contributed by atoms with Gasteiger partial charge < -0.3 is 15.2 Å². The molecule has 0 radical (unpaired) electrons. The number of hydrogen-bond acceptors (Lipinski definition) is 4. The van der Waals surface area contributed by atoms with E-state index in [1.54, 1.807) is 17.0 Å². The zero-order valence-electron chi connectivity index (χ0n) is 12.3. The maximum atomic E-state index is 12.5. The quantitative estimate of drug-likeness (QED) is 0.845. The van der Waals surface area contributed by atoms with E-state index in [-0.39, 0.29) is 12.1 Å². The molecule has 0 aromatic heterocycles. The Hall–Kier alpha value is -1.75. The van der Waals surface area contributed by atoms with Gasteiger partial charge >= 0.3 is 6.09 Å². The van der Waals surface area contributed by atoms with Crippen LogP contribution in [0.2, 0.25) is 0 Å². The third-order valence-corrected chi connectivity index (χ3v) is 3.01. The first-order valence-corrected chi connectivity index (χ1v) is 6.82. The summed E-state index contributed by atoms with van der Waals surface area (Å²) < 4.78 is 10.9. The summed E-state index contributed by atoms with van der Waals surface area (Å²) in [5, 5.41) is 0.